The van der Waals surface area contributed by atoms with Crippen LogP contribution >= 0.6 is 0 Å². The first-order valence-corrected chi connectivity index (χ1v) is 10.3. The van der Waals surface area contributed by atoms with Crippen LogP contribution in [0.25, 0.3) is 16.7 Å². The highest BCUT2D eigenvalue weighted by Crippen LogP contribution is 2.28. The molecule has 0 bridgehead atoms. The van der Waals surface area contributed by atoms with Crippen LogP contribution in [0, 0.1) is 18.3 Å². The van der Waals surface area contributed by atoms with Gasteiger partial charge in [0.05, 0.1) is 16.6 Å². The number of pyridine rings is 1. The summed E-state index contributed by atoms with van der Waals surface area (Å²) in [7, 11) is -0.893. The maximum Gasteiger partial charge on any atom is 0.157 e. The number of anilines is 2. The standard InChI is InChI=1S/C21H18N4OS/c1-14-10-20(23-16-7-5-6-15(11-16)13-27(2)26)25-19-9-4-3-8-18(19)24-21(25)17(14)12-22/h3-11,23H,13H2,1-2H3. The fourth-order valence-corrected chi connectivity index (χ4v) is 3.96. The van der Waals surface area contributed by atoms with Gasteiger partial charge < -0.3 is 5.32 Å². The number of rotatable bonds is 4. The average Bonchev–Trinajstić information content (AvgIpc) is 3.01. The van der Waals surface area contributed by atoms with E-state index in [1.54, 1.807) is 6.26 Å². The number of imidazole rings is 1. The van der Waals surface area contributed by atoms with Crippen molar-refractivity contribution in [2.45, 2.75) is 12.7 Å². The zero-order chi connectivity index (χ0) is 19.0. The van der Waals surface area contributed by atoms with Crippen molar-refractivity contribution in [1.29, 1.82) is 5.26 Å². The van der Waals surface area contributed by atoms with E-state index in [1.165, 1.54) is 0 Å². The van der Waals surface area contributed by atoms with Gasteiger partial charge in [-0.05, 0) is 48.4 Å². The second-order valence-electron chi connectivity index (χ2n) is 6.50. The van der Waals surface area contributed by atoms with E-state index in [0.717, 1.165) is 33.7 Å². The van der Waals surface area contributed by atoms with Crippen LogP contribution in [0.2, 0.25) is 0 Å². The lowest BCUT2D eigenvalue weighted by atomic mass is 10.1. The molecule has 4 rings (SSSR count). The fraction of sp³-hybridized carbons (Fsp3) is 0.143. The van der Waals surface area contributed by atoms with Gasteiger partial charge in [-0.15, -0.1) is 0 Å². The van der Waals surface area contributed by atoms with Gasteiger partial charge >= 0.3 is 0 Å². The Hall–Kier alpha value is -3.17. The zero-order valence-electron chi connectivity index (χ0n) is 15.1. The molecule has 0 saturated heterocycles. The highest BCUT2D eigenvalue weighted by molar-refractivity contribution is 7.83. The average molecular weight is 374 g/mol. The van der Waals surface area contributed by atoms with Crippen molar-refractivity contribution in [1.82, 2.24) is 9.38 Å². The van der Waals surface area contributed by atoms with Crippen LogP contribution in [0.15, 0.2) is 54.6 Å². The van der Waals surface area contributed by atoms with Crippen LogP contribution in [0.3, 0.4) is 0 Å². The third kappa shape index (κ3) is 3.18. The van der Waals surface area contributed by atoms with Crippen molar-refractivity contribution in [2.24, 2.45) is 0 Å². The Kier molecular flexibility index (Phi) is 4.38. The van der Waals surface area contributed by atoms with Crippen molar-refractivity contribution in [3.8, 4) is 6.07 Å². The molecule has 0 saturated carbocycles. The number of nitrogens with one attached hydrogen (secondary N) is 1. The van der Waals surface area contributed by atoms with Gasteiger partial charge in [0.2, 0.25) is 0 Å². The quantitative estimate of drug-likeness (QED) is 0.578. The predicted molar refractivity (Wildman–Crippen MR) is 110 cm³/mol. The lowest BCUT2D eigenvalue weighted by Gasteiger charge is -2.13. The van der Waals surface area contributed by atoms with Gasteiger partial charge in [-0.2, -0.15) is 5.26 Å². The number of fused-ring (bicyclic) bond motifs is 3. The van der Waals surface area contributed by atoms with E-state index in [-0.39, 0.29) is 0 Å². The minimum atomic E-state index is -0.893. The molecule has 0 radical (unpaired) electrons. The van der Waals surface area contributed by atoms with Crippen LogP contribution in [-0.4, -0.2) is 19.8 Å². The molecule has 27 heavy (non-hydrogen) atoms. The molecule has 0 aliphatic heterocycles. The number of aryl methyl sites for hydroxylation is 1. The number of nitriles is 1. The van der Waals surface area contributed by atoms with E-state index < -0.39 is 10.8 Å². The highest BCUT2D eigenvalue weighted by Gasteiger charge is 2.15. The first-order chi connectivity index (χ1) is 13.1. The van der Waals surface area contributed by atoms with Gasteiger partial charge in [0.15, 0.2) is 5.65 Å². The molecule has 134 valence electrons. The second-order valence-corrected chi connectivity index (χ2v) is 7.94. The molecule has 1 unspecified atom stereocenters. The summed E-state index contributed by atoms with van der Waals surface area (Å²) >= 11 is 0. The normalized spacial score (nSPS) is 12.2. The first-order valence-electron chi connectivity index (χ1n) is 8.53. The van der Waals surface area contributed by atoms with E-state index in [9.17, 15) is 9.47 Å². The van der Waals surface area contributed by atoms with Crippen molar-refractivity contribution in [2.75, 3.05) is 11.6 Å². The van der Waals surface area contributed by atoms with Crippen LogP contribution in [0.4, 0.5) is 11.5 Å². The number of aromatic nitrogens is 2. The molecule has 0 aliphatic carbocycles. The van der Waals surface area contributed by atoms with Gasteiger partial charge in [-0.25, -0.2) is 4.98 Å². The molecule has 0 fully saturated rings. The number of hydrogen-bond acceptors (Lipinski definition) is 4. The maximum absolute atomic E-state index is 11.5. The molecule has 2 aromatic carbocycles. The van der Waals surface area contributed by atoms with Crippen LogP contribution in [0.5, 0.6) is 0 Å². The minimum Gasteiger partial charge on any atom is -0.341 e. The first kappa shape index (κ1) is 17.3. The van der Waals surface area contributed by atoms with Crippen molar-refractivity contribution in [3.63, 3.8) is 0 Å². The third-order valence-electron chi connectivity index (χ3n) is 4.45. The Morgan fingerprint density at radius 3 is 2.78 bits per heavy atom. The summed E-state index contributed by atoms with van der Waals surface area (Å²) in [6.45, 7) is 1.92. The monoisotopic (exact) mass is 374 g/mol. The summed E-state index contributed by atoms with van der Waals surface area (Å²) in [5, 5.41) is 13.0. The topological polar surface area (TPSA) is 70.2 Å². The van der Waals surface area contributed by atoms with Gasteiger partial charge in [0, 0.05) is 28.5 Å². The summed E-state index contributed by atoms with van der Waals surface area (Å²) in [6.07, 6.45) is 1.70. The lowest BCUT2D eigenvalue weighted by molar-refractivity contribution is 0.686. The largest absolute Gasteiger partial charge is 0.341 e. The van der Waals surface area contributed by atoms with Crippen molar-refractivity contribution < 1.29 is 4.21 Å². The van der Waals surface area contributed by atoms with Crippen molar-refractivity contribution in [3.05, 3.63) is 71.3 Å². The van der Waals surface area contributed by atoms with E-state index in [0.29, 0.717) is 17.0 Å². The van der Waals surface area contributed by atoms with Gasteiger partial charge in [0.25, 0.3) is 0 Å². The molecule has 4 aromatic rings. The number of para-hydroxylation sites is 2. The Balaban J connectivity index is 1.90. The molecular formula is C21H18N4OS. The lowest BCUT2D eigenvalue weighted by Crippen LogP contribution is -2.02. The van der Waals surface area contributed by atoms with E-state index in [1.807, 2.05) is 65.9 Å². The fourth-order valence-electron chi connectivity index (χ4n) is 3.31. The summed E-state index contributed by atoms with van der Waals surface area (Å²) in [5.41, 5.74) is 5.79. The Bertz CT molecular complexity index is 1240. The second kappa shape index (κ2) is 6.86. The molecule has 1 N–H and O–H groups in total. The van der Waals surface area contributed by atoms with Crippen LogP contribution < -0.4 is 5.32 Å². The molecule has 5 nitrogen and oxygen atoms in total. The van der Waals surface area contributed by atoms with E-state index in [4.69, 9.17) is 0 Å². The highest BCUT2D eigenvalue weighted by atomic mass is 32.2. The molecule has 2 heterocycles. The summed E-state index contributed by atoms with van der Waals surface area (Å²) in [5.74, 6) is 1.36. The SMILES string of the molecule is Cc1cc(Nc2cccc(CS(C)=O)c2)n2c(nc3ccccc32)c1C#N. The number of benzene rings is 2. The molecule has 0 aliphatic rings. The summed E-state index contributed by atoms with van der Waals surface area (Å²) in [6, 6.07) is 20.0. The Labute approximate surface area is 159 Å². The van der Waals surface area contributed by atoms with Gasteiger partial charge in [-0.1, -0.05) is 24.3 Å². The molecule has 0 spiro atoms. The van der Waals surface area contributed by atoms with Crippen LogP contribution in [-0.2, 0) is 16.6 Å². The molecule has 2 aromatic heterocycles. The predicted octanol–water partition coefficient (Wildman–Crippen LogP) is 4.29. The summed E-state index contributed by atoms with van der Waals surface area (Å²) < 4.78 is 13.5. The Morgan fingerprint density at radius 2 is 2.00 bits per heavy atom. The molecule has 6 heteroatoms. The zero-order valence-corrected chi connectivity index (χ0v) is 15.9. The van der Waals surface area contributed by atoms with Crippen LogP contribution in [0.1, 0.15) is 16.7 Å². The molecular weight excluding hydrogens is 356 g/mol. The smallest absolute Gasteiger partial charge is 0.157 e. The summed E-state index contributed by atoms with van der Waals surface area (Å²) in [4.78, 5) is 4.67. The number of hydrogen-bond donors (Lipinski definition) is 1. The maximum atomic E-state index is 11.5. The molecule has 0 amide bonds. The minimum absolute atomic E-state index is 0.519. The van der Waals surface area contributed by atoms with Gasteiger partial charge in [-0.3, -0.25) is 8.61 Å². The van der Waals surface area contributed by atoms with Crippen molar-refractivity contribution >= 4 is 39.0 Å². The third-order valence-corrected chi connectivity index (χ3v) is 5.19. The van der Waals surface area contributed by atoms with Gasteiger partial charge in [0.1, 0.15) is 11.9 Å². The van der Waals surface area contributed by atoms with E-state index in [2.05, 4.69) is 16.4 Å². The molecule has 1 atom stereocenters. The van der Waals surface area contributed by atoms with E-state index >= 15 is 0 Å². The number of nitrogens with zero attached hydrogens (tertiary/aromatic N) is 3. The Morgan fingerprint density at radius 1 is 1.19 bits per heavy atom.